The van der Waals surface area contributed by atoms with Crippen molar-refractivity contribution in [3.8, 4) is 28.1 Å². The van der Waals surface area contributed by atoms with Gasteiger partial charge in [-0.2, -0.15) is 0 Å². The number of carbonyl (C=O) groups is 1. The largest absolute Gasteiger partial charge is 0.496 e. The fourth-order valence-electron chi connectivity index (χ4n) is 3.79. The molecule has 2 heterocycles. The van der Waals surface area contributed by atoms with Crippen molar-refractivity contribution < 1.29 is 9.53 Å². The minimum Gasteiger partial charge on any atom is -0.496 e. The van der Waals surface area contributed by atoms with Crippen molar-refractivity contribution >= 4 is 23.2 Å². The summed E-state index contributed by atoms with van der Waals surface area (Å²) in [5.74, 6) is 0.758. The number of benzene rings is 2. The Labute approximate surface area is 180 Å². The highest BCUT2D eigenvalue weighted by Crippen LogP contribution is 2.39. The van der Waals surface area contributed by atoms with Crippen LogP contribution in [0.25, 0.3) is 22.4 Å². The molecule has 0 unspecified atom stereocenters. The van der Waals surface area contributed by atoms with E-state index in [0.29, 0.717) is 11.5 Å². The molecule has 5 nitrogen and oxygen atoms in total. The molecule has 2 aliphatic rings. The highest BCUT2D eigenvalue weighted by Gasteiger charge is 2.35. The van der Waals surface area contributed by atoms with Crippen LogP contribution >= 0.6 is 12.2 Å². The molecule has 0 bridgehead atoms. The molecule has 6 heteroatoms. The standard InChI is InChI=1S/C24H21N3O2S/c1-29-21-10-6-5-9-17(21)18-13-19(15-7-3-2-4-8-15)26-20-14-27(23(30)22(18)20)24(28)25-16-11-12-16/h2-10,13,16H,11-12,14H2,1H3,(H,25,28). The van der Waals surface area contributed by atoms with Gasteiger partial charge >= 0.3 is 6.03 Å². The smallest absolute Gasteiger partial charge is 0.323 e. The quantitative estimate of drug-likeness (QED) is 0.623. The lowest BCUT2D eigenvalue weighted by atomic mass is 9.96. The number of hydrogen-bond acceptors (Lipinski definition) is 4. The molecule has 1 aliphatic carbocycles. The predicted octanol–water partition coefficient (Wildman–Crippen LogP) is 4.79. The number of nitrogens with one attached hydrogen (secondary N) is 1. The van der Waals surface area contributed by atoms with Gasteiger partial charge in [0.2, 0.25) is 0 Å². The van der Waals surface area contributed by atoms with Gasteiger partial charge in [0.1, 0.15) is 10.7 Å². The van der Waals surface area contributed by atoms with Gasteiger partial charge in [0.15, 0.2) is 0 Å². The average molecular weight is 416 g/mol. The summed E-state index contributed by atoms with van der Waals surface area (Å²) < 4.78 is 5.62. The monoisotopic (exact) mass is 415 g/mol. The Morgan fingerprint density at radius 3 is 2.57 bits per heavy atom. The fraction of sp³-hybridized carbons (Fsp3) is 0.208. The zero-order valence-electron chi connectivity index (χ0n) is 16.6. The maximum Gasteiger partial charge on any atom is 0.323 e. The van der Waals surface area contributed by atoms with Crippen LogP contribution in [0.5, 0.6) is 5.75 Å². The van der Waals surface area contributed by atoms with Gasteiger partial charge in [0.05, 0.1) is 25.0 Å². The second kappa shape index (κ2) is 7.54. The number of para-hydroxylation sites is 1. The summed E-state index contributed by atoms with van der Waals surface area (Å²) in [6.45, 7) is 0.371. The third-order valence-corrected chi connectivity index (χ3v) is 5.90. The molecule has 0 saturated heterocycles. The third kappa shape index (κ3) is 3.33. The van der Waals surface area contributed by atoms with Crippen molar-refractivity contribution in [2.24, 2.45) is 0 Å². The Hall–Kier alpha value is -3.25. The molecule has 1 aromatic heterocycles. The Bertz CT molecular complexity index is 1140. The predicted molar refractivity (Wildman–Crippen MR) is 120 cm³/mol. The number of thiocarbonyl (C=S) groups is 1. The van der Waals surface area contributed by atoms with Crippen LogP contribution in [0.1, 0.15) is 24.1 Å². The average Bonchev–Trinajstić information content (AvgIpc) is 3.54. The van der Waals surface area contributed by atoms with E-state index in [1.54, 1.807) is 12.0 Å². The van der Waals surface area contributed by atoms with E-state index in [-0.39, 0.29) is 12.1 Å². The molecule has 3 aromatic rings. The molecule has 5 rings (SSSR count). The third-order valence-electron chi connectivity index (χ3n) is 5.48. The van der Waals surface area contributed by atoms with Gasteiger partial charge < -0.3 is 10.1 Å². The number of pyridine rings is 1. The van der Waals surface area contributed by atoms with Gasteiger partial charge in [0, 0.05) is 22.7 Å². The minimum atomic E-state index is -0.146. The number of aromatic nitrogens is 1. The highest BCUT2D eigenvalue weighted by molar-refractivity contribution is 7.80. The van der Waals surface area contributed by atoms with Crippen molar-refractivity contribution in [1.82, 2.24) is 15.2 Å². The molecule has 1 N–H and O–H groups in total. The first-order chi connectivity index (χ1) is 14.7. The minimum absolute atomic E-state index is 0.146. The van der Waals surface area contributed by atoms with E-state index in [1.165, 1.54) is 0 Å². The molecule has 1 fully saturated rings. The number of hydrogen-bond donors (Lipinski definition) is 1. The molecule has 30 heavy (non-hydrogen) atoms. The first-order valence-electron chi connectivity index (χ1n) is 10.0. The summed E-state index contributed by atoms with van der Waals surface area (Å²) in [6, 6.07) is 20.1. The van der Waals surface area contributed by atoms with Crippen molar-refractivity contribution in [2.45, 2.75) is 25.4 Å². The molecule has 150 valence electrons. The number of nitrogens with zero attached hydrogens (tertiary/aromatic N) is 2. The van der Waals surface area contributed by atoms with Gasteiger partial charge in [-0.15, -0.1) is 0 Å². The lowest BCUT2D eigenvalue weighted by Gasteiger charge is -2.17. The van der Waals surface area contributed by atoms with Crippen molar-refractivity contribution in [3.63, 3.8) is 0 Å². The van der Waals surface area contributed by atoms with Gasteiger partial charge in [0.25, 0.3) is 0 Å². The van der Waals surface area contributed by atoms with Crippen molar-refractivity contribution in [3.05, 3.63) is 71.9 Å². The summed E-state index contributed by atoms with van der Waals surface area (Å²) in [4.78, 5) is 19.8. The van der Waals surface area contributed by atoms with Gasteiger partial charge in [-0.25, -0.2) is 4.79 Å². The van der Waals surface area contributed by atoms with Crippen molar-refractivity contribution in [2.75, 3.05) is 7.11 Å². The Morgan fingerprint density at radius 2 is 1.83 bits per heavy atom. The van der Waals surface area contributed by atoms with Crippen molar-refractivity contribution in [1.29, 1.82) is 0 Å². The number of ether oxygens (including phenoxy) is 1. The van der Waals surface area contributed by atoms with E-state index in [0.717, 1.165) is 52.2 Å². The van der Waals surface area contributed by atoms with E-state index in [4.69, 9.17) is 21.9 Å². The van der Waals surface area contributed by atoms with E-state index < -0.39 is 0 Å². The number of amides is 2. The fourth-order valence-corrected chi connectivity index (χ4v) is 4.16. The maximum atomic E-state index is 12.8. The summed E-state index contributed by atoms with van der Waals surface area (Å²) in [7, 11) is 1.66. The van der Waals surface area contributed by atoms with Gasteiger partial charge in [-0.05, 0) is 30.5 Å². The molecular weight excluding hydrogens is 394 g/mol. The van der Waals surface area contributed by atoms with Gasteiger partial charge in [-0.3, -0.25) is 9.88 Å². The molecule has 2 aromatic carbocycles. The lowest BCUT2D eigenvalue weighted by Crippen LogP contribution is -2.40. The van der Waals surface area contributed by atoms with Crippen LogP contribution in [0.2, 0.25) is 0 Å². The summed E-state index contributed by atoms with van der Waals surface area (Å²) >= 11 is 5.76. The lowest BCUT2D eigenvalue weighted by molar-refractivity contribution is 0.221. The first kappa shape index (κ1) is 18.8. The topological polar surface area (TPSA) is 54.5 Å². The number of urea groups is 1. The van der Waals surface area contributed by atoms with E-state index in [1.807, 2.05) is 60.7 Å². The zero-order chi connectivity index (χ0) is 20.7. The number of carbonyl (C=O) groups excluding carboxylic acids is 1. The van der Waals surface area contributed by atoms with Crippen LogP contribution in [0, 0.1) is 0 Å². The Balaban J connectivity index is 1.65. The number of fused-ring (bicyclic) bond motifs is 1. The van der Waals surface area contributed by atoms with E-state index >= 15 is 0 Å². The molecular formula is C24H21N3O2S. The van der Waals surface area contributed by atoms with Crippen LogP contribution in [-0.4, -0.2) is 34.1 Å². The Kier molecular flexibility index (Phi) is 4.71. The SMILES string of the molecule is COc1ccccc1-c1cc(-c2ccccc2)nc2c1C(=S)N(C(=O)NC1CC1)C2. The summed E-state index contributed by atoms with van der Waals surface area (Å²) in [6.07, 6.45) is 2.06. The highest BCUT2D eigenvalue weighted by atomic mass is 32.1. The van der Waals surface area contributed by atoms with Crippen LogP contribution < -0.4 is 10.1 Å². The van der Waals surface area contributed by atoms with E-state index in [2.05, 4.69) is 5.32 Å². The number of methoxy groups -OCH3 is 1. The molecule has 1 saturated carbocycles. The molecule has 0 atom stereocenters. The summed E-state index contributed by atoms with van der Waals surface area (Å²) in [5, 5.41) is 3.04. The van der Waals surface area contributed by atoms with Crippen LogP contribution in [0.3, 0.4) is 0 Å². The van der Waals surface area contributed by atoms with E-state index in [9.17, 15) is 4.79 Å². The molecule has 2 amide bonds. The van der Waals surface area contributed by atoms with Crippen LogP contribution in [0.4, 0.5) is 4.79 Å². The number of rotatable bonds is 4. The van der Waals surface area contributed by atoms with Gasteiger partial charge in [-0.1, -0.05) is 60.7 Å². The normalized spacial score (nSPS) is 15.1. The second-order valence-electron chi connectivity index (χ2n) is 7.56. The Morgan fingerprint density at radius 1 is 1.10 bits per heavy atom. The maximum absolute atomic E-state index is 12.8. The van der Waals surface area contributed by atoms with Crippen LogP contribution in [0.15, 0.2) is 60.7 Å². The molecule has 0 radical (unpaired) electrons. The second-order valence-corrected chi connectivity index (χ2v) is 7.94. The summed E-state index contributed by atoms with van der Waals surface area (Å²) in [5.41, 5.74) is 5.38. The van der Waals surface area contributed by atoms with Crippen LogP contribution in [-0.2, 0) is 6.54 Å². The molecule has 0 spiro atoms. The first-order valence-corrected chi connectivity index (χ1v) is 10.4. The molecule has 1 aliphatic heterocycles. The zero-order valence-corrected chi connectivity index (χ0v) is 17.4.